The van der Waals surface area contributed by atoms with Crippen LogP contribution in [0.15, 0.2) is 23.1 Å². The summed E-state index contributed by atoms with van der Waals surface area (Å²) in [7, 11) is -2.95. The second kappa shape index (κ2) is 5.23. The molecular formula is C10H12N2O2S2. The predicted octanol–water partition coefficient (Wildman–Crippen LogP) is 1.28. The molecule has 0 bridgehead atoms. The molecule has 0 aliphatic carbocycles. The summed E-state index contributed by atoms with van der Waals surface area (Å²) in [6.45, 7) is 0. The number of nitrogen functional groups attached to an aromatic ring is 1. The number of sulfone groups is 1. The molecule has 0 fully saturated rings. The largest absolute Gasteiger partial charge is 0.397 e. The summed E-state index contributed by atoms with van der Waals surface area (Å²) in [5.41, 5.74) is 6.59. The van der Waals surface area contributed by atoms with Crippen molar-refractivity contribution in [3.63, 3.8) is 0 Å². The number of nitriles is 1. The van der Waals surface area contributed by atoms with E-state index < -0.39 is 9.84 Å². The molecule has 2 N–H and O–H groups in total. The van der Waals surface area contributed by atoms with Crippen LogP contribution in [0.25, 0.3) is 0 Å². The molecule has 0 aliphatic rings. The minimum atomic E-state index is -2.95. The molecule has 0 saturated carbocycles. The number of benzene rings is 1. The quantitative estimate of drug-likeness (QED) is 0.648. The maximum Gasteiger partial charge on any atom is 0.148 e. The first kappa shape index (κ1) is 12.9. The molecule has 6 heteroatoms. The van der Waals surface area contributed by atoms with Crippen molar-refractivity contribution in [2.75, 3.05) is 23.5 Å². The van der Waals surface area contributed by atoms with Crippen LogP contribution >= 0.6 is 11.8 Å². The average Bonchev–Trinajstić information content (AvgIpc) is 2.19. The SMILES string of the molecule is CS(=O)(=O)CCSc1cccc(C#N)c1N. The molecule has 0 heterocycles. The van der Waals surface area contributed by atoms with E-state index in [0.717, 1.165) is 4.90 Å². The van der Waals surface area contributed by atoms with Gasteiger partial charge >= 0.3 is 0 Å². The van der Waals surface area contributed by atoms with Gasteiger partial charge in [-0.1, -0.05) is 6.07 Å². The lowest BCUT2D eigenvalue weighted by Gasteiger charge is -2.05. The zero-order valence-corrected chi connectivity index (χ0v) is 10.4. The van der Waals surface area contributed by atoms with E-state index in [2.05, 4.69) is 0 Å². The minimum absolute atomic E-state index is 0.105. The zero-order valence-electron chi connectivity index (χ0n) is 8.80. The molecule has 1 aromatic rings. The van der Waals surface area contributed by atoms with Crippen molar-refractivity contribution in [2.24, 2.45) is 0 Å². The van der Waals surface area contributed by atoms with Crippen molar-refractivity contribution in [1.82, 2.24) is 0 Å². The van der Waals surface area contributed by atoms with Crippen LogP contribution in [0.4, 0.5) is 5.69 Å². The van der Waals surface area contributed by atoms with E-state index >= 15 is 0 Å². The molecule has 4 nitrogen and oxygen atoms in total. The Morgan fingerprint density at radius 2 is 2.19 bits per heavy atom. The monoisotopic (exact) mass is 256 g/mol. The van der Waals surface area contributed by atoms with Gasteiger partial charge in [0.15, 0.2) is 0 Å². The number of thioether (sulfide) groups is 1. The van der Waals surface area contributed by atoms with Crippen molar-refractivity contribution in [3.8, 4) is 6.07 Å². The first-order valence-corrected chi connectivity index (χ1v) is 7.58. The van der Waals surface area contributed by atoms with E-state index in [0.29, 0.717) is 17.0 Å². The third-order valence-corrected chi connectivity index (χ3v) is 4.18. The highest BCUT2D eigenvalue weighted by Gasteiger charge is 2.07. The third kappa shape index (κ3) is 3.76. The average molecular weight is 256 g/mol. The predicted molar refractivity (Wildman–Crippen MR) is 66.0 cm³/mol. The van der Waals surface area contributed by atoms with Crippen LogP contribution < -0.4 is 5.73 Å². The second-order valence-electron chi connectivity index (χ2n) is 3.31. The van der Waals surface area contributed by atoms with Crippen LogP contribution in [0.5, 0.6) is 0 Å². The Morgan fingerprint density at radius 1 is 1.50 bits per heavy atom. The molecule has 0 amide bonds. The molecule has 0 atom stereocenters. The number of rotatable bonds is 4. The van der Waals surface area contributed by atoms with Gasteiger partial charge in [0.2, 0.25) is 0 Å². The van der Waals surface area contributed by atoms with Crippen molar-refractivity contribution in [1.29, 1.82) is 5.26 Å². The first-order valence-electron chi connectivity index (χ1n) is 4.53. The number of para-hydroxylation sites is 1. The van der Waals surface area contributed by atoms with Crippen molar-refractivity contribution >= 4 is 27.3 Å². The minimum Gasteiger partial charge on any atom is -0.397 e. The smallest absolute Gasteiger partial charge is 0.148 e. The van der Waals surface area contributed by atoms with E-state index in [1.165, 1.54) is 18.0 Å². The summed E-state index contributed by atoms with van der Waals surface area (Å²) >= 11 is 1.35. The van der Waals surface area contributed by atoms with E-state index in [1.54, 1.807) is 18.2 Å². The number of hydrogen-bond donors (Lipinski definition) is 1. The van der Waals surface area contributed by atoms with Crippen LogP contribution in [0.3, 0.4) is 0 Å². The van der Waals surface area contributed by atoms with Crippen molar-refractivity contribution < 1.29 is 8.42 Å². The van der Waals surface area contributed by atoms with Crippen LogP contribution in [-0.2, 0) is 9.84 Å². The highest BCUT2D eigenvalue weighted by Crippen LogP contribution is 2.27. The fraction of sp³-hybridized carbons (Fsp3) is 0.300. The summed E-state index contributed by atoms with van der Waals surface area (Å²) < 4.78 is 21.9. The molecule has 1 rings (SSSR count). The Labute approximate surface area is 99.4 Å². The van der Waals surface area contributed by atoms with E-state index in [-0.39, 0.29) is 5.75 Å². The van der Waals surface area contributed by atoms with Crippen molar-refractivity contribution in [2.45, 2.75) is 4.90 Å². The zero-order chi connectivity index (χ0) is 12.2. The summed E-state index contributed by atoms with van der Waals surface area (Å²) in [6.07, 6.45) is 1.20. The Kier molecular flexibility index (Phi) is 4.21. The molecule has 86 valence electrons. The summed E-state index contributed by atoms with van der Waals surface area (Å²) in [5, 5.41) is 8.76. The highest BCUT2D eigenvalue weighted by atomic mass is 32.2. The maximum absolute atomic E-state index is 10.9. The highest BCUT2D eigenvalue weighted by molar-refractivity contribution is 8.00. The number of hydrogen-bond acceptors (Lipinski definition) is 5. The molecule has 0 saturated heterocycles. The second-order valence-corrected chi connectivity index (χ2v) is 6.70. The third-order valence-electron chi connectivity index (χ3n) is 1.90. The normalized spacial score (nSPS) is 11.0. The van der Waals surface area contributed by atoms with Gasteiger partial charge in [0.05, 0.1) is 17.0 Å². The number of anilines is 1. The summed E-state index contributed by atoms with van der Waals surface area (Å²) in [5.74, 6) is 0.547. The van der Waals surface area contributed by atoms with Crippen LogP contribution in [0.2, 0.25) is 0 Å². The van der Waals surface area contributed by atoms with E-state index in [9.17, 15) is 8.42 Å². The maximum atomic E-state index is 10.9. The fourth-order valence-electron chi connectivity index (χ4n) is 1.07. The molecule has 1 aromatic carbocycles. The molecule has 0 aromatic heterocycles. The van der Waals surface area contributed by atoms with Gasteiger partial charge in [0.25, 0.3) is 0 Å². The lowest BCUT2D eigenvalue weighted by molar-refractivity contribution is 0.603. The standard InChI is InChI=1S/C10H12N2O2S2/c1-16(13,14)6-5-15-9-4-2-3-8(7-11)10(9)12/h2-4H,5-6,12H2,1H3. The summed E-state index contributed by atoms with van der Waals surface area (Å²) in [4.78, 5) is 0.753. The molecule has 0 radical (unpaired) electrons. The van der Waals surface area contributed by atoms with Gasteiger partial charge in [-0.05, 0) is 12.1 Å². The lowest BCUT2D eigenvalue weighted by Crippen LogP contribution is -2.05. The van der Waals surface area contributed by atoms with Gasteiger partial charge < -0.3 is 5.73 Å². The van der Waals surface area contributed by atoms with Crippen molar-refractivity contribution in [3.05, 3.63) is 23.8 Å². The van der Waals surface area contributed by atoms with Crippen LogP contribution in [-0.4, -0.2) is 26.2 Å². The van der Waals surface area contributed by atoms with Gasteiger partial charge in [0, 0.05) is 16.9 Å². The molecular weight excluding hydrogens is 244 g/mol. The topological polar surface area (TPSA) is 84.0 Å². The Hall–Kier alpha value is -1.19. The Bertz CT molecular complexity index is 518. The lowest BCUT2D eigenvalue weighted by atomic mass is 10.2. The van der Waals surface area contributed by atoms with Gasteiger partial charge in [-0.25, -0.2) is 8.42 Å². The first-order chi connectivity index (χ1) is 7.44. The fourth-order valence-corrected chi connectivity index (χ4v) is 3.27. The van der Waals surface area contributed by atoms with Gasteiger partial charge in [-0.15, -0.1) is 11.8 Å². The van der Waals surface area contributed by atoms with E-state index in [1.807, 2.05) is 6.07 Å². The molecule has 0 unspecified atom stereocenters. The molecule has 0 aliphatic heterocycles. The van der Waals surface area contributed by atoms with E-state index in [4.69, 9.17) is 11.0 Å². The van der Waals surface area contributed by atoms with Crippen LogP contribution in [0.1, 0.15) is 5.56 Å². The van der Waals surface area contributed by atoms with Gasteiger partial charge in [0.1, 0.15) is 15.9 Å². The molecule has 16 heavy (non-hydrogen) atoms. The number of nitrogens with zero attached hydrogens (tertiary/aromatic N) is 1. The van der Waals surface area contributed by atoms with Gasteiger partial charge in [-0.2, -0.15) is 5.26 Å². The summed E-state index contributed by atoms with van der Waals surface area (Å²) in [6, 6.07) is 7.14. The Balaban J connectivity index is 2.73. The van der Waals surface area contributed by atoms with Gasteiger partial charge in [-0.3, -0.25) is 0 Å². The van der Waals surface area contributed by atoms with Crippen LogP contribution in [0, 0.1) is 11.3 Å². The molecule has 0 spiro atoms. The number of nitrogens with two attached hydrogens (primary N) is 1. The Morgan fingerprint density at radius 3 is 2.75 bits per heavy atom.